The average molecular weight is 297 g/mol. The molecule has 1 N–H and O–H groups in total. The minimum absolute atomic E-state index is 0.00144. The molecule has 114 valence electrons. The maximum atomic E-state index is 12.5. The number of hydrogen-bond donors (Lipinski definition) is 1. The Labute approximate surface area is 123 Å². The molecule has 1 atom stereocenters. The van der Waals surface area contributed by atoms with Crippen molar-refractivity contribution in [2.24, 2.45) is 5.92 Å². The van der Waals surface area contributed by atoms with Crippen molar-refractivity contribution in [3.63, 3.8) is 0 Å². The molecule has 4 heteroatoms. The predicted octanol–water partition coefficient (Wildman–Crippen LogP) is 3.10. The van der Waals surface area contributed by atoms with Gasteiger partial charge in [0, 0.05) is 6.04 Å². The normalized spacial score (nSPS) is 13.7. The van der Waals surface area contributed by atoms with Crippen molar-refractivity contribution in [3.8, 4) is 0 Å². The van der Waals surface area contributed by atoms with Gasteiger partial charge in [-0.05, 0) is 56.0 Å². The molecule has 0 aliphatic rings. The van der Waals surface area contributed by atoms with E-state index < -0.39 is 9.84 Å². The van der Waals surface area contributed by atoms with E-state index in [1.165, 1.54) is 0 Å². The van der Waals surface area contributed by atoms with Crippen molar-refractivity contribution in [2.45, 2.75) is 52.0 Å². The molecule has 0 bridgehead atoms. The van der Waals surface area contributed by atoms with Gasteiger partial charge in [-0.2, -0.15) is 0 Å². The van der Waals surface area contributed by atoms with Crippen molar-refractivity contribution in [2.75, 3.05) is 12.3 Å². The SMILES string of the molecule is CCCNC(CS(=O)(=O)c1ccc(C)c(C)c1)C(C)C. The molecule has 1 aromatic rings. The molecule has 1 unspecified atom stereocenters. The van der Waals surface area contributed by atoms with Gasteiger partial charge in [-0.1, -0.05) is 26.8 Å². The van der Waals surface area contributed by atoms with E-state index in [0.717, 1.165) is 24.1 Å². The Balaban J connectivity index is 2.94. The van der Waals surface area contributed by atoms with Crippen molar-refractivity contribution < 1.29 is 8.42 Å². The molecular weight excluding hydrogens is 270 g/mol. The third kappa shape index (κ3) is 4.60. The highest BCUT2D eigenvalue weighted by molar-refractivity contribution is 7.91. The third-order valence-electron chi connectivity index (χ3n) is 3.70. The molecule has 0 radical (unpaired) electrons. The van der Waals surface area contributed by atoms with Crippen molar-refractivity contribution >= 4 is 9.84 Å². The first-order valence-electron chi connectivity index (χ1n) is 7.31. The predicted molar refractivity (Wildman–Crippen MR) is 84.9 cm³/mol. The van der Waals surface area contributed by atoms with Crippen LogP contribution >= 0.6 is 0 Å². The summed E-state index contributed by atoms with van der Waals surface area (Å²) in [6.07, 6.45) is 1.01. The summed E-state index contributed by atoms with van der Waals surface area (Å²) >= 11 is 0. The lowest BCUT2D eigenvalue weighted by molar-refractivity contribution is 0.426. The average Bonchev–Trinajstić information content (AvgIpc) is 2.37. The van der Waals surface area contributed by atoms with Crippen LogP contribution in [0.4, 0.5) is 0 Å². The zero-order valence-corrected chi connectivity index (χ0v) is 14.0. The summed E-state index contributed by atoms with van der Waals surface area (Å²) in [4.78, 5) is 0.435. The molecule has 3 nitrogen and oxygen atoms in total. The van der Waals surface area contributed by atoms with Gasteiger partial charge in [-0.25, -0.2) is 8.42 Å². The van der Waals surface area contributed by atoms with Crippen LogP contribution in [0.1, 0.15) is 38.3 Å². The van der Waals surface area contributed by atoms with Crippen LogP contribution in [0.3, 0.4) is 0 Å². The minimum Gasteiger partial charge on any atom is -0.313 e. The van der Waals surface area contributed by atoms with Gasteiger partial charge in [-0.3, -0.25) is 0 Å². The lowest BCUT2D eigenvalue weighted by Gasteiger charge is -2.22. The summed E-state index contributed by atoms with van der Waals surface area (Å²) in [6.45, 7) is 11.0. The summed E-state index contributed by atoms with van der Waals surface area (Å²) in [7, 11) is -3.24. The first kappa shape index (κ1) is 17.2. The van der Waals surface area contributed by atoms with E-state index in [2.05, 4.69) is 26.1 Å². The summed E-state index contributed by atoms with van der Waals surface area (Å²) in [5, 5.41) is 3.34. The van der Waals surface area contributed by atoms with Crippen LogP contribution in [-0.2, 0) is 9.84 Å². The topological polar surface area (TPSA) is 46.2 Å². The Hall–Kier alpha value is -0.870. The number of rotatable bonds is 7. The third-order valence-corrected chi connectivity index (χ3v) is 5.47. The molecule has 0 aliphatic heterocycles. The molecule has 0 aliphatic carbocycles. The van der Waals surface area contributed by atoms with E-state index in [0.29, 0.717) is 10.8 Å². The van der Waals surface area contributed by atoms with Crippen molar-refractivity contribution in [1.82, 2.24) is 5.32 Å². The number of aryl methyl sites for hydroxylation is 2. The molecule has 0 aromatic heterocycles. The van der Waals surface area contributed by atoms with E-state index in [4.69, 9.17) is 0 Å². The van der Waals surface area contributed by atoms with Gasteiger partial charge in [0.2, 0.25) is 0 Å². The number of sulfone groups is 1. The Bertz CT molecular complexity index is 535. The quantitative estimate of drug-likeness (QED) is 0.841. The fraction of sp³-hybridized carbons (Fsp3) is 0.625. The zero-order valence-electron chi connectivity index (χ0n) is 13.2. The van der Waals surface area contributed by atoms with Gasteiger partial charge in [0.1, 0.15) is 0 Å². The largest absolute Gasteiger partial charge is 0.313 e. The van der Waals surface area contributed by atoms with E-state index >= 15 is 0 Å². The molecule has 1 aromatic carbocycles. The molecule has 0 fully saturated rings. The Morgan fingerprint density at radius 2 is 1.80 bits per heavy atom. The second kappa shape index (κ2) is 7.23. The van der Waals surface area contributed by atoms with Gasteiger partial charge in [0.25, 0.3) is 0 Å². The Morgan fingerprint density at radius 1 is 1.15 bits per heavy atom. The smallest absolute Gasteiger partial charge is 0.179 e. The molecule has 0 amide bonds. The Morgan fingerprint density at radius 3 is 2.30 bits per heavy atom. The highest BCUT2D eigenvalue weighted by atomic mass is 32.2. The van der Waals surface area contributed by atoms with Crippen LogP contribution in [0, 0.1) is 19.8 Å². The van der Waals surface area contributed by atoms with Gasteiger partial charge < -0.3 is 5.32 Å². The van der Waals surface area contributed by atoms with Crippen LogP contribution in [0.15, 0.2) is 23.1 Å². The number of hydrogen-bond acceptors (Lipinski definition) is 3. The van der Waals surface area contributed by atoms with Crippen LogP contribution in [-0.4, -0.2) is 26.8 Å². The second-order valence-electron chi connectivity index (χ2n) is 5.83. The monoisotopic (exact) mass is 297 g/mol. The second-order valence-corrected chi connectivity index (χ2v) is 7.87. The van der Waals surface area contributed by atoms with Crippen molar-refractivity contribution in [3.05, 3.63) is 29.3 Å². The van der Waals surface area contributed by atoms with E-state index in [-0.39, 0.29) is 11.8 Å². The lowest BCUT2D eigenvalue weighted by atomic mass is 10.1. The first-order chi connectivity index (χ1) is 9.27. The van der Waals surface area contributed by atoms with Crippen LogP contribution < -0.4 is 5.32 Å². The molecule has 20 heavy (non-hydrogen) atoms. The van der Waals surface area contributed by atoms with Crippen LogP contribution in [0.2, 0.25) is 0 Å². The molecule has 0 saturated carbocycles. The van der Waals surface area contributed by atoms with Crippen LogP contribution in [0.5, 0.6) is 0 Å². The summed E-state index contributed by atoms with van der Waals surface area (Å²) in [5.41, 5.74) is 2.14. The van der Waals surface area contributed by atoms with E-state index in [1.807, 2.05) is 19.9 Å². The summed E-state index contributed by atoms with van der Waals surface area (Å²) in [6, 6.07) is 5.38. The van der Waals surface area contributed by atoms with Crippen molar-refractivity contribution in [1.29, 1.82) is 0 Å². The van der Waals surface area contributed by atoms with Gasteiger partial charge in [0.05, 0.1) is 10.6 Å². The molecule has 1 rings (SSSR count). The first-order valence-corrected chi connectivity index (χ1v) is 8.96. The molecular formula is C16H27NO2S. The fourth-order valence-corrected chi connectivity index (χ4v) is 3.86. The van der Waals surface area contributed by atoms with Gasteiger partial charge in [-0.15, -0.1) is 0 Å². The highest BCUT2D eigenvalue weighted by Crippen LogP contribution is 2.18. The maximum absolute atomic E-state index is 12.5. The van der Waals surface area contributed by atoms with E-state index in [1.54, 1.807) is 12.1 Å². The standard InChI is InChI=1S/C16H27NO2S/c1-6-9-17-16(12(2)3)11-20(18,19)15-8-7-13(4)14(5)10-15/h7-8,10,12,16-17H,6,9,11H2,1-5H3. The summed E-state index contributed by atoms with van der Waals surface area (Å²) in [5.74, 6) is 0.454. The molecule has 0 spiro atoms. The van der Waals surface area contributed by atoms with E-state index in [9.17, 15) is 8.42 Å². The molecule has 0 heterocycles. The van der Waals surface area contributed by atoms with Gasteiger partial charge in [0.15, 0.2) is 9.84 Å². The molecule has 0 saturated heterocycles. The lowest BCUT2D eigenvalue weighted by Crippen LogP contribution is -2.40. The number of benzene rings is 1. The maximum Gasteiger partial charge on any atom is 0.179 e. The van der Waals surface area contributed by atoms with Gasteiger partial charge >= 0.3 is 0 Å². The fourth-order valence-electron chi connectivity index (χ4n) is 2.06. The summed E-state index contributed by atoms with van der Waals surface area (Å²) < 4.78 is 25.1. The van der Waals surface area contributed by atoms with Crippen LogP contribution in [0.25, 0.3) is 0 Å². The zero-order chi connectivity index (χ0) is 15.3. The minimum atomic E-state index is -3.24. The number of nitrogens with one attached hydrogen (secondary N) is 1. The Kier molecular flexibility index (Phi) is 6.21. The highest BCUT2D eigenvalue weighted by Gasteiger charge is 2.23.